The molecule has 1 aliphatic carbocycles. The highest BCUT2D eigenvalue weighted by molar-refractivity contribution is 6.22. The summed E-state index contributed by atoms with van der Waals surface area (Å²) in [5.41, 5.74) is -2.89. The van der Waals surface area contributed by atoms with Gasteiger partial charge in [-0.1, -0.05) is 0 Å². The molecule has 25 heavy (non-hydrogen) atoms. The van der Waals surface area contributed by atoms with Crippen molar-refractivity contribution >= 4 is 23.3 Å². The third-order valence-corrected chi connectivity index (χ3v) is 5.21. The number of nitro benzene ring substituents is 1. The number of nitrogens with zero attached hydrogens (tertiary/aromatic N) is 3. The number of hydrogen-bond acceptors (Lipinski definition) is 4. The first-order valence-electron chi connectivity index (χ1n) is 7.72. The molecule has 3 aliphatic rings. The molecule has 3 atom stereocenters. The molecule has 0 spiro atoms. The van der Waals surface area contributed by atoms with E-state index in [9.17, 15) is 32.9 Å². The van der Waals surface area contributed by atoms with Gasteiger partial charge in [-0.3, -0.25) is 14.9 Å². The molecule has 3 amide bonds. The van der Waals surface area contributed by atoms with Gasteiger partial charge in [0.05, 0.1) is 10.6 Å². The Morgan fingerprint density at radius 3 is 2.52 bits per heavy atom. The lowest BCUT2D eigenvalue weighted by Crippen LogP contribution is -2.40. The number of imide groups is 1. The molecule has 7 nitrogen and oxygen atoms in total. The van der Waals surface area contributed by atoms with Crippen molar-refractivity contribution in [1.82, 2.24) is 4.90 Å². The summed E-state index contributed by atoms with van der Waals surface area (Å²) in [5, 5.41) is 10.8. The van der Waals surface area contributed by atoms with Gasteiger partial charge in [-0.15, -0.1) is 0 Å². The van der Waals surface area contributed by atoms with Crippen molar-refractivity contribution in [2.45, 2.75) is 37.5 Å². The monoisotopic (exact) mass is 355 g/mol. The molecule has 1 aromatic carbocycles. The fourth-order valence-electron chi connectivity index (χ4n) is 4.21. The lowest BCUT2D eigenvalue weighted by molar-refractivity contribution is -0.388. The fraction of sp³-hybridized carbons (Fsp3) is 0.467. The number of hydrogen-bond donors (Lipinski definition) is 0. The summed E-state index contributed by atoms with van der Waals surface area (Å²) in [6.45, 7) is 0. The maximum atomic E-state index is 13.1. The van der Waals surface area contributed by atoms with Crippen LogP contribution in [-0.2, 0) is 11.0 Å². The van der Waals surface area contributed by atoms with Crippen molar-refractivity contribution in [3.63, 3.8) is 0 Å². The molecule has 2 bridgehead atoms. The Morgan fingerprint density at radius 1 is 1.20 bits per heavy atom. The normalized spacial score (nSPS) is 28.0. The third kappa shape index (κ3) is 2.12. The molecule has 2 aliphatic heterocycles. The molecule has 1 aromatic rings. The lowest BCUT2D eigenvalue weighted by Gasteiger charge is -2.25. The minimum absolute atomic E-state index is 0.0339. The first-order chi connectivity index (χ1) is 11.7. The molecule has 10 heteroatoms. The van der Waals surface area contributed by atoms with Gasteiger partial charge in [0.1, 0.15) is 11.6 Å². The van der Waals surface area contributed by atoms with E-state index in [2.05, 4.69) is 0 Å². The Bertz CT molecular complexity index is 782. The van der Waals surface area contributed by atoms with Crippen LogP contribution in [0.3, 0.4) is 0 Å². The highest BCUT2D eigenvalue weighted by Gasteiger charge is 2.59. The van der Waals surface area contributed by atoms with E-state index in [1.54, 1.807) is 0 Å². The van der Waals surface area contributed by atoms with E-state index in [4.69, 9.17) is 0 Å². The maximum Gasteiger partial charge on any atom is 0.423 e. The molecule has 132 valence electrons. The number of benzene rings is 1. The quantitative estimate of drug-likeness (QED) is 0.464. The maximum absolute atomic E-state index is 13.1. The summed E-state index contributed by atoms with van der Waals surface area (Å²) in [6, 6.07) is 0.846. The van der Waals surface area contributed by atoms with Crippen LogP contribution in [0.1, 0.15) is 24.8 Å². The first-order valence-corrected chi connectivity index (χ1v) is 7.72. The average molecular weight is 355 g/mol. The second-order valence-corrected chi connectivity index (χ2v) is 6.49. The van der Waals surface area contributed by atoms with Crippen molar-refractivity contribution in [3.05, 3.63) is 33.9 Å². The molecule has 2 saturated heterocycles. The molecular weight excluding hydrogens is 343 g/mol. The zero-order valence-electron chi connectivity index (χ0n) is 12.7. The van der Waals surface area contributed by atoms with Gasteiger partial charge in [0.25, 0.3) is 11.6 Å². The minimum atomic E-state index is -4.97. The van der Waals surface area contributed by atoms with Crippen molar-refractivity contribution in [2.75, 3.05) is 4.90 Å². The smallest absolute Gasteiger partial charge is 0.309 e. The summed E-state index contributed by atoms with van der Waals surface area (Å²) < 4.78 is 39.4. The van der Waals surface area contributed by atoms with Crippen molar-refractivity contribution in [3.8, 4) is 0 Å². The summed E-state index contributed by atoms with van der Waals surface area (Å²) in [5.74, 6) is -0.522. The van der Waals surface area contributed by atoms with Gasteiger partial charge in [0, 0.05) is 12.1 Å². The summed E-state index contributed by atoms with van der Waals surface area (Å²) in [6.07, 6.45) is -2.64. The van der Waals surface area contributed by atoms with Gasteiger partial charge < -0.3 is 4.90 Å². The van der Waals surface area contributed by atoms with Crippen LogP contribution in [0.25, 0.3) is 0 Å². The number of alkyl halides is 3. The number of carbonyl (C=O) groups excluding carboxylic acids is 2. The van der Waals surface area contributed by atoms with Crippen LogP contribution in [0.2, 0.25) is 0 Å². The predicted octanol–water partition coefficient (Wildman–Crippen LogP) is 2.93. The lowest BCUT2D eigenvalue weighted by atomic mass is 9.99. The zero-order chi connectivity index (χ0) is 18.1. The second kappa shape index (κ2) is 4.93. The Hall–Kier alpha value is -2.65. The number of nitro groups is 1. The van der Waals surface area contributed by atoms with Crippen LogP contribution in [-0.4, -0.2) is 33.8 Å². The molecular formula is C15H12F3N3O4. The molecule has 2 heterocycles. The summed E-state index contributed by atoms with van der Waals surface area (Å²) in [7, 11) is 0. The Balaban J connectivity index is 1.77. The van der Waals surface area contributed by atoms with E-state index in [0.29, 0.717) is 17.0 Å². The van der Waals surface area contributed by atoms with E-state index < -0.39 is 40.3 Å². The van der Waals surface area contributed by atoms with Gasteiger partial charge in [-0.2, -0.15) is 13.2 Å². The van der Waals surface area contributed by atoms with E-state index in [1.807, 2.05) is 0 Å². The van der Waals surface area contributed by atoms with Gasteiger partial charge >= 0.3 is 12.2 Å². The van der Waals surface area contributed by atoms with Crippen molar-refractivity contribution in [2.24, 2.45) is 5.92 Å². The summed E-state index contributed by atoms with van der Waals surface area (Å²) >= 11 is 0. The Morgan fingerprint density at radius 2 is 1.92 bits per heavy atom. The SMILES string of the molecule is O=C1[C@H]2C3CCC(C3)N2C(=O)N1c1ccc([N+](=O)[O-])c(C(F)(F)F)c1. The highest BCUT2D eigenvalue weighted by atomic mass is 19.4. The topological polar surface area (TPSA) is 83.8 Å². The van der Waals surface area contributed by atoms with Gasteiger partial charge in [-0.25, -0.2) is 9.69 Å². The van der Waals surface area contributed by atoms with Gasteiger partial charge in [0.2, 0.25) is 0 Å². The molecule has 0 aromatic heterocycles. The molecule has 1 saturated carbocycles. The van der Waals surface area contributed by atoms with Crippen molar-refractivity contribution in [1.29, 1.82) is 0 Å². The van der Waals surface area contributed by atoms with Crippen LogP contribution in [0.4, 0.5) is 29.3 Å². The number of carbonyl (C=O) groups is 2. The van der Waals surface area contributed by atoms with Crippen molar-refractivity contribution < 1.29 is 27.7 Å². The van der Waals surface area contributed by atoms with Gasteiger partial charge in [-0.05, 0) is 37.3 Å². The minimum Gasteiger partial charge on any atom is -0.309 e. The standard InChI is InChI=1S/C15H12F3N3O4/c16-15(17,18)10-6-9(3-4-11(10)21(24)25)20-13(22)12-7-1-2-8(5-7)19(12)14(20)23/h3-4,6-8,12H,1-2,5H2/t7?,8?,12-/m1/s1. The number of fused-ring (bicyclic) bond motifs is 5. The van der Waals surface area contributed by atoms with Crippen LogP contribution in [0.5, 0.6) is 0 Å². The molecule has 2 unspecified atom stereocenters. The third-order valence-electron chi connectivity index (χ3n) is 5.21. The average Bonchev–Trinajstić information content (AvgIpc) is 3.20. The van der Waals surface area contributed by atoms with E-state index in [0.717, 1.165) is 25.3 Å². The van der Waals surface area contributed by atoms with Crippen LogP contribution in [0.15, 0.2) is 18.2 Å². The number of urea groups is 1. The predicted molar refractivity (Wildman–Crippen MR) is 77.7 cm³/mol. The van der Waals surface area contributed by atoms with E-state index >= 15 is 0 Å². The van der Waals surface area contributed by atoms with Gasteiger partial charge in [0.15, 0.2) is 0 Å². The van der Waals surface area contributed by atoms with Crippen LogP contribution >= 0.6 is 0 Å². The number of rotatable bonds is 2. The Kier molecular flexibility index (Phi) is 3.13. The fourth-order valence-corrected chi connectivity index (χ4v) is 4.21. The number of piperidine rings is 1. The Labute approximate surface area is 139 Å². The largest absolute Gasteiger partial charge is 0.423 e. The number of anilines is 1. The second-order valence-electron chi connectivity index (χ2n) is 6.49. The zero-order valence-corrected chi connectivity index (χ0v) is 12.7. The van der Waals surface area contributed by atoms with E-state index in [-0.39, 0.29) is 17.6 Å². The molecule has 0 N–H and O–H groups in total. The molecule has 4 rings (SSSR count). The van der Waals surface area contributed by atoms with E-state index in [1.165, 1.54) is 4.90 Å². The van der Waals surface area contributed by atoms with Crippen LogP contribution in [0, 0.1) is 16.0 Å². The van der Waals surface area contributed by atoms with Crippen LogP contribution < -0.4 is 4.90 Å². The summed E-state index contributed by atoms with van der Waals surface area (Å²) in [4.78, 5) is 37.1. The first kappa shape index (κ1) is 15.9. The molecule has 0 radical (unpaired) electrons. The molecule has 3 fully saturated rings. The number of halogens is 3. The number of amides is 3. The highest BCUT2D eigenvalue weighted by Crippen LogP contribution is 2.48.